The number of imidazole rings is 1. The third-order valence-corrected chi connectivity index (χ3v) is 2.04. The number of esters is 1. The summed E-state index contributed by atoms with van der Waals surface area (Å²) in [6.45, 7) is 6.54. The highest BCUT2D eigenvalue weighted by Gasteiger charge is 2.00. The molecule has 0 unspecified atom stereocenters. The van der Waals surface area contributed by atoms with E-state index in [1.165, 1.54) is 6.92 Å². The van der Waals surface area contributed by atoms with E-state index in [9.17, 15) is 4.79 Å². The SMILES string of the molecule is C=Cn1cc[n+](CCCCOC(C)=O)c1. The molecule has 0 saturated heterocycles. The first kappa shape index (κ1) is 11.5. The first-order valence-electron chi connectivity index (χ1n) is 5.05. The number of aromatic nitrogens is 2. The van der Waals surface area contributed by atoms with Crippen LogP contribution in [0.3, 0.4) is 0 Å². The Labute approximate surface area is 89.8 Å². The molecule has 1 rings (SSSR count). The van der Waals surface area contributed by atoms with Crippen LogP contribution < -0.4 is 4.57 Å². The second-order valence-electron chi connectivity index (χ2n) is 3.33. The summed E-state index contributed by atoms with van der Waals surface area (Å²) < 4.78 is 8.81. The Kier molecular flexibility index (Phi) is 4.60. The molecule has 0 fully saturated rings. The molecule has 0 aromatic carbocycles. The van der Waals surface area contributed by atoms with Crippen LogP contribution in [0, 0.1) is 0 Å². The van der Waals surface area contributed by atoms with Crippen LogP contribution in [-0.2, 0) is 16.1 Å². The number of carbonyl (C=O) groups excluding carboxylic acids is 1. The number of carbonyl (C=O) groups is 1. The third kappa shape index (κ3) is 4.44. The largest absolute Gasteiger partial charge is 0.466 e. The maximum atomic E-state index is 10.5. The molecule has 0 N–H and O–H groups in total. The Balaban J connectivity index is 2.14. The Morgan fingerprint density at radius 1 is 1.60 bits per heavy atom. The predicted octanol–water partition coefficient (Wildman–Crippen LogP) is 1.22. The maximum absolute atomic E-state index is 10.5. The van der Waals surface area contributed by atoms with E-state index in [2.05, 4.69) is 11.1 Å². The van der Waals surface area contributed by atoms with Crippen LogP contribution in [0.4, 0.5) is 0 Å². The van der Waals surface area contributed by atoms with Crippen molar-refractivity contribution in [2.75, 3.05) is 6.61 Å². The molecule has 1 aromatic rings. The van der Waals surface area contributed by atoms with Gasteiger partial charge in [-0.2, -0.15) is 0 Å². The quantitative estimate of drug-likeness (QED) is 0.401. The molecule has 4 nitrogen and oxygen atoms in total. The molecule has 1 heterocycles. The fraction of sp³-hybridized carbons (Fsp3) is 0.455. The monoisotopic (exact) mass is 209 g/mol. The summed E-state index contributed by atoms with van der Waals surface area (Å²) in [5, 5.41) is 0. The van der Waals surface area contributed by atoms with E-state index in [0.29, 0.717) is 6.61 Å². The Bertz CT molecular complexity index is 331. The number of nitrogens with zero attached hydrogens (tertiary/aromatic N) is 2. The van der Waals surface area contributed by atoms with Gasteiger partial charge in [-0.15, -0.1) is 0 Å². The summed E-state index contributed by atoms with van der Waals surface area (Å²) in [7, 11) is 0. The van der Waals surface area contributed by atoms with Gasteiger partial charge in [0.2, 0.25) is 6.33 Å². The summed E-state index contributed by atoms with van der Waals surface area (Å²) in [4.78, 5) is 10.5. The summed E-state index contributed by atoms with van der Waals surface area (Å²) >= 11 is 0. The number of unbranched alkanes of at least 4 members (excludes halogenated alkanes) is 1. The average Bonchev–Trinajstić information content (AvgIpc) is 2.65. The molecule has 0 spiro atoms. The van der Waals surface area contributed by atoms with Gasteiger partial charge in [0.15, 0.2) is 0 Å². The number of hydrogen-bond donors (Lipinski definition) is 0. The highest BCUT2D eigenvalue weighted by atomic mass is 16.5. The normalized spacial score (nSPS) is 9.93. The molecule has 82 valence electrons. The highest BCUT2D eigenvalue weighted by Crippen LogP contribution is 1.92. The standard InChI is InChI=1S/C11H17N2O2/c1-3-12-7-8-13(10-12)6-4-5-9-15-11(2)14/h3,7-8,10H,1,4-6,9H2,2H3/q+1. The Morgan fingerprint density at radius 2 is 2.40 bits per heavy atom. The van der Waals surface area contributed by atoms with Gasteiger partial charge in [0.05, 0.1) is 19.4 Å². The van der Waals surface area contributed by atoms with E-state index >= 15 is 0 Å². The van der Waals surface area contributed by atoms with Crippen molar-refractivity contribution < 1.29 is 14.1 Å². The number of ether oxygens (including phenoxy) is 1. The van der Waals surface area contributed by atoms with Crippen LogP contribution in [0.25, 0.3) is 6.20 Å². The first-order chi connectivity index (χ1) is 7.22. The minimum atomic E-state index is -0.208. The molecule has 0 aliphatic carbocycles. The summed E-state index contributed by atoms with van der Waals surface area (Å²) in [5.74, 6) is -0.208. The topological polar surface area (TPSA) is 35.1 Å². The molecule has 4 heteroatoms. The third-order valence-electron chi connectivity index (χ3n) is 2.04. The molecule has 0 aliphatic rings. The van der Waals surface area contributed by atoms with Gasteiger partial charge in [0.1, 0.15) is 12.4 Å². The molecule has 0 atom stereocenters. The lowest BCUT2D eigenvalue weighted by atomic mass is 10.3. The van der Waals surface area contributed by atoms with E-state index in [1.807, 2.05) is 23.3 Å². The smallest absolute Gasteiger partial charge is 0.302 e. The fourth-order valence-electron chi connectivity index (χ4n) is 1.26. The van der Waals surface area contributed by atoms with Gasteiger partial charge < -0.3 is 4.74 Å². The fourth-order valence-corrected chi connectivity index (χ4v) is 1.26. The molecule has 15 heavy (non-hydrogen) atoms. The van der Waals surface area contributed by atoms with Gasteiger partial charge in [-0.05, 0) is 12.8 Å². The van der Waals surface area contributed by atoms with Crippen molar-refractivity contribution in [3.63, 3.8) is 0 Å². The van der Waals surface area contributed by atoms with Crippen molar-refractivity contribution in [3.05, 3.63) is 25.3 Å². The van der Waals surface area contributed by atoms with Crippen molar-refractivity contribution >= 4 is 12.2 Å². The minimum absolute atomic E-state index is 0.208. The second-order valence-corrected chi connectivity index (χ2v) is 3.33. The Hall–Kier alpha value is -1.58. The van der Waals surface area contributed by atoms with Gasteiger partial charge >= 0.3 is 5.97 Å². The van der Waals surface area contributed by atoms with Crippen LogP contribution in [0.15, 0.2) is 25.3 Å². The van der Waals surface area contributed by atoms with Crippen molar-refractivity contribution in [1.29, 1.82) is 0 Å². The van der Waals surface area contributed by atoms with E-state index in [0.717, 1.165) is 19.4 Å². The average molecular weight is 209 g/mol. The van der Waals surface area contributed by atoms with Crippen molar-refractivity contribution in [3.8, 4) is 0 Å². The van der Waals surface area contributed by atoms with E-state index in [4.69, 9.17) is 4.74 Å². The van der Waals surface area contributed by atoms with E-state index in [-0.39, 0.29) is 5.97 Å². The van der Waals surface area contributed by atoms with Gasteiger partial charge in [0.25, 0.3) is 0 Å². The van der Waals surface area contributed by atoms with Gasteiger partial charge in [0, 0.05) is 6.92 Å². The van der Waals surface area contributed by atoms with Crippen molar-refractivity contribution in [1.82, 2.24) is 4.57 Å². The lowest BCUT2D eigenvalue weighted by Gasteiger charge is -1.99. The second kappa shape index (κ2) is 6.01. The van der Waals surface area contributed by atoms with E-state index < -0.39 is 0 Å². The van der Waals surface area contributed by atoms with Crippen LogP contribution in [0.2, 0.25) is 0 Å². The molecule has 0 amide bonds. The van der Waals surface area contributed by atoms with Crippen LogP contribution in [0.5, 0.6) is 0 Å². The maximum Gasteiger partial charge on any atom is 0.302 e. The van der Waals surface area contributed by atoms with Gasteiger partial charge in [-0.25, -0.2) is 9.13 Å². The molecule has 1 aromatic heterocycles. The van der Waals surface area contributed by atoms with Gasteiger partial charge in [-0.1, -0.05) is 6.58 Å². The molecular weight excluding hydrogens is 192 g/mol. The zero-order valence-corrected chi connectivity index (χ0v) is 9.06. The predicted molar refractivity (Wildman–Crippen MR) is 56.9 cm³/mol. The number of rotatable bonds is 6. The summed E-state index contributed by atoms with van der Waals surface area (Å²) in [5.41, 5.74) is 0. The molecule has 0 saturated carbocycles. The van der Waals surface area contributed by atoms with Crippen LogP contribution >= 0.6 is 0 Å². The molecule has 0 aliphatic heterocycles. The molecule has 0 radical (unpaired) electrons. The Morgan fingerprint density at radius 3 is 3.00 bits per heavy atom. The minimum Gasteiger partial charge on any atom is -0.466 e. The summed E-state index contributed by atoms with van der Waals surface area (Å²) in [6, 6.07) is 0. The van der Waals surface area contributed by atoms with Crippen molar-refractivity contribution in [2.24, 2.45) is 0 Å². The van der Waals surface area contributed by atoms with Crippen LogP contribution in [-0.4, -0.2) is 17.1 Å². The molecule has 0 bridgehead atoms. The van der Waals surface area contributed by atoms with Crippen LogP contribution in [0.1, 0.15) is 19.8 Å². The van der Waals surface area contributed by atoms with Gasteiger partial charge in [-0.3, -0.25) is 4.79 Å². The lowest BCUT2D eigenvalue weighted by molar-refractivity contribution is -0.696. The number of aryl methyl sites for hydroxylation is 1. The first-order valence-corrected chi connectivity index (χ1v) is 5.05. The zero-order chi connectivity index (χ0) is 11.1. The molecular formula is C11H17N2O2+. The summed E-state index contributed by atoms with van der Waals surface area (Å²) in [6.07, 6.45) is 9.55. The highest BCUT2D eigenvalue weighted by molar-refractivity contribution is 5.65. The lowest BCUT2D eigenvalue weighted by Crippen LogP contribution is -2.30. The van der Waals surface area contributed by atoms with Crippen molar-refractivity contribution in [2.45, 2.75) is 26.3 Å². The zero-order valence-electron chi connectivity index (χ0n) is 9.06. The van der Waals surface area contributed by atoms with E-state index in [1.54, 1.807) is 6.20 Å². The number of hydrogen-bond acceptors (Lipinski definition) is 2.